The van der Waals surface area contributed by atoms with E-state index < -0.39 is 5.91 Å². The van der Waals surface area contributed by atoms with E-state index in [2.05, 4.69) is 15.4 Å². The maximum absolute atomic E-state index is 12.8. The first-order valence-corrected chi connectivity index (χ1v) is 8.03. The van der Waals surface area contributed by atoms with Gasteiger partial charge in [0.15, 0.2) is 5.69 Å². The van der Waals surface area contributed by atoms with Gasteiger partial charge in [0.2, 0.25) is 0 Å². The number of rotatable bonds is 3. The van der Waals surface area contributed by atoms with Gasteiger partial charge in [-0.1, -0.05) is 36.4 Å². The Morgan fingerprint density at radius 3 is 2.35 bits per heavy atom. The number of aromatic nitrogens is 3. The second-order valence-corrected chi connectivity index (χ2v) is 5.64. The third kappa shape index (κ3) is 2.84. The van der Waals surface area contributed by atoms with E-state index in [4.69, 9.17) is 0 Å². The highest BCUT2D eigenvalue weighted by atomic mass is 16.2. The molecule has 0 fully saturated rings. The number of fused-ring (bicyclic) bond motifs is 1. The molecule has 4 aromatic rings. The van der Waals surface area contributed by atoms with Crippen molar-refractivity contribution in [2.24, 2.45) is 0 Å². The lowest BCUT2D eigenvalue weighted by Crippen LogP contribution is -2.26. The summed E-state index contributed by atoms with van der Waals surface area (Å²) in [6.07, 6.45) is 3.17. The topological polar surface area (TPSA) is 76.9 Å². The number of para-hydroxylation sites is 1. The Kier molecular flexibility index (Phi) is 3.99. The molecular weight excluding hydrogens is 328 g/mol. The second kappa shape index (κ2) is 6.60. The number of carbonyl (C=O) groups is 1. The van der Waals surface area contributed by atoms with Crippen LogP contribution in [0.4, 0.5) is 5.69 Å². The summed E-state index contributed by atoms with van der Waals surface area (Å²) < 4.78 is 1.25. The Morgan fingerprint density at radius 2 is 1.62 bits per heavy atom. The van der Waals surface area contributed by atoms with Gasteiger partial charge in [0.25, 0.3) is 11.5 Å². The first-order chi connectivity index (χ1) is 12.7. The zero-order valence-electron chi connectivity index (χ0n) is 13.7. The molecule has 126 valence electrons. The summed E-state index contributed by atoms with van der Waals surface area (Å²) in [4.78, 5) is 29.6. The van der Waals surface area contributed by atoms with Gasteiger partial charge in [-0.15, -0.1) is 0 Å². The SMILES string of the molecule is O=C(Nc1cccnc1)c1nn(-c2ccccc2)c(=O)c2ccccc12. The molecule has 0 aliphatic heterocycles. The molecule has 26 heavy (non-hydrogen) atoms. The Hall–Kier alpha value is -3.80. The third-order valence-electron chi connectivity index (χ3n) is 3.94. The Labute approximate surface area is 148 Å². The van der Waals surface area contributed by atoms with Crippen LogP contribution in [0.3, 0.4) is 0 Å². The minimum Gasteiger partial charge on any atom is -0.319 e. The van der Waals surface area contributed by atoms with E-state index in [1.165, 1.54) is 4.68 Å². The Bertz CT molecular complexity index is 1140. The van der Waals surface area contributed by atoms with Gasteiger partial charge in [-0.25, -0.2) is 0 Å². The van der Waals surface area contributed by atoms with Gasteiger partial charge in [0.05, 0.1) is 23.0 Å². The van der Waals surface area contributed by atoms with Crippen LogP contribution < -0.4 is 10.9 Å². The molecule has 4 rings (SSSR count). The van der Waals surface area contributed by atoms with Crippen molar-refractivity contribution in [2.45, 2.75) is 0 Å². The molecule has 2 aromatic carbocycles. The third-order valence-corrected chi connectivity index (χ3v) is 3.94. The van der Waals surface area contributed by atoms with Crippen molar-refractivity contribution < 1.29 is 4.79 Å². The number of nitrogens with one attached hydrogen (secondary N) is 1. The standard InChI is InChI=1S/C20H14N4O2/c25-19(22-14-7-6-12-21-13-14)18-16-10-4-5-11-17(16)20(26)24(23-18)15-8-2-1-3-9-15/h1-13H,(H,22,25). The van der Waals surface area contributed by atoms with Crippen molar-refractivity contribution in [2.75, 3.05) is 5.32 Å². The molecule has 0 aliphatic rings. The smallest absolute Gasteiger partial charge is 0.279 e. The summed E-state index contributed by atoms with van der Waals surface area (Å²) in [6, 6.07) is 19.4. The highest BCUT2D eigenvalue weighted by Gasteiger charge is 2.17. The van der Waals surface area contributed by atoms with Gasteiger partial charge in [0.1, 0.15) is 0 Å². The normalized spacial score (nSPS) is 10.6. The zero-order valence-corrected chi connectivity index (χ0v) is 13.7. The first-order valence-electron chi connectivity index (χ1n) is 8.03. The van der Waals surface area contributed by atoms with Crippen LogP contribution in [0, 0.1) is 0 Å². The van der Waals surface area contributed by atoms with Crippen molar-refractivity contribution in [3.63, 3.8) is 0 Å². The monoisotopic (exact) mass is 342 g/mol. The molecular formula is C20H14N4O2. The molecule has 0 radical (unpaired) electrons. The van der Waals surface area contributed by atoms with Gasteiger partial charge in [-0.2, -0.15) is 9.78 Å². The molecule has 2 heterocycles. The predicted octanol–water partition coefficient (Wildman–Crippen LogP) is 3.03. The summed E-state index contributed by atoms with van der Waals surface area (Å²) in [5, 5.41) is 8.05. The molecule has 0 spiro atoms. The molecule has 0 atom stereocenters. The van der Waals surface area contributed by atoms with E-state index >= 15 is 0 Å². The average molecular weight is 342 g/mol. The van der Waals surface area contributed by atoms with E-state index in [0.717, 1.165) is 0 Å². The van der Waals surface area contributed by atoms with Gasteiger partial charge >= 0.3 is 0 Å². The van der Waals surface area contributed by atoms with E-state index in [1.54, 1.807) is 60.9 Å². The Morgan fingerprint density at radius 1 is 0.885 bits per heavy atom. The zero-order chi connectivity index (χ0) is 17.9. The largest absolute Gasteiger partial charge is 0.319 e. The summed E-state index contributed by atoms with van der Waals surface area (Å²) in [6.45, 7) is 0. The van der Waals surface area contributed by atoms with Crippen LogP contribution in [-0.2, 0) is 0 Å². The minimum atomic E-state index is -0.404. The number of nitrogens with zero attached hydrogens (tertiary/aromatic N) is 3. The van der Waals surface area contributed by atoms with Crippen LogP contribution in [0.15, 0.2) is 83.9 Å². The van der Waals surface area contributed by atoms with Crippen LogP contribution in [-0.4, -0.2) is 20.7 Å². The highest BCUT2D eigenvalue weighted by molar-refractivity contribution is 6.11. The molecule has 0 saturated heterocycles. The van der Waals surface area contributed by atoms with E-state index in [-0.39, 0.29) is 11.3 Å². The van der Waals surface area contributed by atoms with Crippen molar-refractivity contribution in [1.82, 2.24) is 14.8 Å². The molecule has 6 heteroatoms. The molecule has 0 aliphatic carbocycles. The molecule has 0 saturated carbocycles. The maximum Gasteiger partial charge on any atom is 0.279 e. The van der Waals surface area contributed by atoms with E-state index in [9.17, 15) is 9.59 Å². The van der Waals surface area contributed by atoms with Crippen molar-refractivity contribution in [3.8, 4) is 5.69 Å². The van der Waals surface area contributed by atoms with E-state index in [1.807, 2.05) is 18.2 Å². The average Bonchev–Trinajstić information content (AvgIpc) is 2.70. The quantitative estimate of drug-likeness (QED) is 0.621. The number of carbonyl (C=O) groups excluding carboxylic acids is 1. The van der Waals surface area contributed by atoms with Gasteiger partial charge in [-0.05, 0) is 30.3 Å². The van der Waals surface area contributed by atoms with Crippen molar-refractivity contribution in [1.29, 1.82) is 0 Å². The lowest BCUT2D eigenvalue weighted by molar-refractivity contribution is 0.102. The van der Waals surface area contributed by atoms with E-state index in [0.29, 0.717) is 22.1 Å². The first kappa shape index (κ1) is 15.7. The number of hydrogen-bond donors (Lipinski definition) is 1. The second-order valence-electron chi connectivity index (χ2n) is 5.64. The van der Waals surface area contributed by atoms with Crippen LogP contribution in [0.25, 0.3) is 16.5 Å². The lowest BCUT2D eigenvalue weighted by Gasteiger charge is -2.11. The van der Waals surface area contributed by atoms with Crippen LogP contribution in [0.1, 0.15) is 10.5 Å². The van der Waals surface area contributed by atoms with Gasteiger partial charge in [-0.3, -0.25) is 14.6 Å². The Balaban J connectivity index is 1.90. The van der Waals surface area contributed by atoms with Gasteiger partial charge < -0.3 is 5.32 Å². The summed E-state index contributed by atoms with van der Waals surface area (Å²) >= 11 is 0. The van der Waals surface area contributed by atoms with Gasteiger partial charge in [0, 0.05) is 11.6 Å². The molecule has 1 N–H and O–H groups in total. The molecule has 0 bridgehead atoms. The van der Waals surface area contributed by atoms with Crippen molar-refractivity contribution in [3.05, 3.63) is 95.2 Å². The number of anilines is 1. The minimum absolute atomic E-state index is 0.174. The fraction of sp³-hybridized carbons (Fsp3) is 0. The number of pyridine rings is 1. The number of amides is 1. The highest BCUT2D eigenvalue weighted by Crippen LogP contribution is 2.16. The molecule has 0 unspecified atom stereocenters. The molecule has 2 aromatic heterocycles. The molecule has 6 nitrogen and oxygen atoms in total. The summed E-state index contributed by atoms with van der Waals surface area (Å²) in [7, 11) is 0. The van der Waals surface area contributed by atoms with Crippen molar-refractivity contribution >= 4 is 22.4 Å². The lowest BCUT2D eigenvalue weighted by atomic mass is 10.1. The molecule has 1 amide bonds. The van der Waals surface area contributed by atoms with Crippen LogP contribution >= 0.6 is 0 Å². The predicted molar refractivity (Wildman–Crippen MR) is 99.5 cm³/mol. The number of benzene rings is 2. The van der Waals surface area contributed by atoms with Crippen LogP contribution in [0.5, 0.6) is 0 Å². The maximum atomic E-state index is 12.8. The summed E-state index contributed by atoms with van der Waals surface area (Å²) in [5.41, 5.74) is 1.05. The fourth-order valence-corrected chi connectivity index (χ4v) is 2.73. The number of hydrogen-bond acceptors (Lipinski definition) is 4. The fourth-order valence-electron chi connectivity index (χ4n) is 2.73. The van der Waals surface area contributed by atoms with Crippen LogP contribution in [0.2, 0.25) is 0 Å². The summed E-state index contributed by atoms with van der Waals surface area (Å²) in [5.74, 6) is -0.404.